The second-order valence-corrected chi connectivity index (χ2v) is 6.29. The summed E-state index contributed by atoms with van der Waals surface area (Å²) in [7, 11) is 0. The van der Waals surface area contributed by atoms with Gasteiger partial charge in [0.1, 0.15) is 11.5 Å². The highest BCUT2D eigenvalue weighted by Gasteiger charge is 2.11. The zero-order valence-corrected chi connectivity index (χ0v) is 15.2. The van der Waals surface area contributed by atoms with E-state index in [0.29, 0.717) is 32.8 Å². The summed E-state index contributed by atoms with van der Waals surface area (Å²) in [5, 5.41) is 6.64. The minimum Gasteiger partial charge on any atom is -0.457 e. The van der Waals surface area contributed by atoms with Crippen molar-refractivity contribution in [3.8, 4) is 11.5 Å². The van der Waals surface area contributed by atoms with E-state index < -0.39 is 0 Å². The Morgan fingerprint density at radius 3 is 2.35 bits per heavy atom. The van der Waals surface area contributed by atoms with Gasteiger partial charge in [0.25, 0.3) is 0 Å². The Bertz CT molecular complexity index is 884. The number of benzene rings is 3. The molecular formula is C20H16Cl2N2O2. The average molecular weight is 387 g/mol. The van der Waals surface area contributed by atoms with Gasteiger partial charge in [0, 0.05) is 27.8 Å². The minimum atomic E-state index is -0.349. The van der Waals surface area contributed by atoms with E-state index in [4.69, 9.17) is 27.9 Å². The molecular weight excluding hydrogens is 371 g/mol. The summed E-state index contributed by atoms with van der Waals surface area (Å²) >= 11 is 12.1. The standard InChI is InChI=1S/C20H16Cl2N2O2/c21-14-9-11-15(12-10-14)24-20(25)23-13-17-18(22)7-4-8-19(17)26-16-5-2-1-3-6-16/h1-12H,13H2,(H2,23,24,25). The Kier molecular flexibility index (Phi) is 6.00. The zero-order chi connectivity index (χ0) is 18.4. The maximum Gasteiger partial charge on any atom is 0.319 e. The van der Waals surface area contributed by atoms with Crippen LogP contribution in [0.3, 0.4) is 0 Å². The predicted molar refractivity (Wildman–Crippen MR) is 105 cm³/mol. The predicted octanol–water partition coefficient (Wildman–Crippen LogP) is 6.11. The lowest BCUT2D eigenvalue weighted by Gasteiger charge is -2.14. The Morgan fingerprint density at radius 1 is 0.885 bits per heavy atom. The molecule has 3 aromatic rings. The Labute approximate surface area is 161 Å². The fraction of sp³-hybridized carbons (Fsp3) is 0.0500. The SMILES string of the molecule is O=C(NCc1c(Cl)cccc1Oc1ccccc1)Nc1ccc(Cl)cc1. The number of nitrogens with one attached hydrogen (secondary N) is 2. The summed E-state index contributed by atoms with van der Waals surface area (Å²) in [6.07, 6.45) is 0. The van der Waals surface area contributed by atoms with Crippen molar-refractivity contribution in [1.29, 1.82) is 0 Å². The van der Waals surface area contributed by atoms with Crippen LogP contribution in [0, 0.1) is 0 Å². The van der Waals surface area contributed by atoms with Crippen LogP contribution in [-0.4, -0.2) is 6.03 Å². The first-order valence-electron chi connectivity index (χ1n) is 7.92. The first-order chi connectivity index (χ1) is 12.6. The molecule has 0 atom stereocenters. The monoisotopic (exact) mass is 386 g/mol. The van der Waals surface area contributed by atoms with Crippen molar-refractivity contribution >= 4 is 34.9 Å². The van der Waals surface area contributed by atoms with Crippen molar-refractivity contribution in [2.24, 2.45) is 0 Å². The van der Waals surface area contributed by atoms with E-state index in [-0.39, 0.29) is 12.6 Å². The first-order valence-corrected chi connectivity index (χ1v) is 8.68. The molecule has 2 N–H and O–H groups in total. The molecule has 0 radical (unpaired) electrons. The fourth-order valence-electron chi connectivity index (χ4n) is 2.30. The average Bonchev–Trinajstić information content (AvgIpc) is 2.64. The van der Waals surface area contributed by atoms with Crippen LogP contribution in [0.1, 0.15) is 5.56 Å². The molecule has 0 saturated heterocycles. The quantitative estimate of drug-likeness (QED) is 0.555. The highest BCUT2D eigenvalue weighted by Crippen LogP contribution is 2.30. The molecule has 0 aromatic heterocycles. The topological polar surface area (TPSA) is 50.4 Å². The molecule has 3 rings (SSSR count). The molecule has 132 valence electrons. The van der Waals surface area contributed by atoms with E-state index in [9.17, 15) is 4.79 Å². The number of carbonyl (C=O) groups is 1. The lowest BCUT2D eigenvalue weighted by atomic mass is 10.2. The van der Waals surface area contributed by atoms with E-state index >= 15 is 0 Å². The maximum atomic E-state index is 12.1. The highest BCUT2D eigenvalue weighted by atomic mass is 35.5. The van der Waals surface area contributed by atoms with E-state index in [0.717, 1.165) is 0 Å². The van der Waals surface area contributed by atoms with Gasteiger partial charge < -0.3 is 15.4 Å². The van der Waals surface area contributed by atoms with Crippen LogP contribution in [0.5, 0.6) is 11.5 Å². The number of rotatable bonds is 5. The van der Waals surface area contributed by atoms with E-state index in [1.807, 2.05) is 36.4 Å². The molecule has 4 nitrogen and oxygen atoms in total. The smallest absolute Gasteiger partial charge is 0.319 e. The summed E-state index contributed by atoms with van der Waals surface area (Å²) < 4.78 is 5.88. The fourth-order valence-corrected chi connectivity index (χ4v) is 2.66. The van der Waals surface area contributed by atoms with Gasteiger partial charge in [-0.25, -0.2) is 4.79 Å². The molecule has 0 heterocycles. The third-order valence-corrected chi connectivity index (χ3v) is 4.18. The van der Waals surface area contributed by atoms with Crippen molar-refractivity contribution < 1.29 is 9.53 Å². The molecule has 0 aliphatic heterocycles. The number of hydrogen-bond donors (Lipinski definition) is 2. The summed E-state index contributed by atoms with van der Waals surface area (Å²) in [4.78, 5) is 12.1. The van der Waals surface area contributed by atoms with Crippen LogP contribution < -0.4 is 15.4 Å². The first kappa shape index (κ1) is 18.1. The maximum absolute atomic E-state index is 12.1. The summed E-state index contributed by atoms with van der Waals surface area (Å²) in [5.74, 6) is 1.29. The number of amides is 2. The van der Waals surface area contributed by atoms with Gasteiger partial charge in [0.15, 0.2) is 0 Å². The van der Waals surface area contributed by atoms with Crippen LogP contribution in [0.2, 0.25) is 10.0 Å². The second-order valence-electron chi connectivity index (χ2n) is 5.45. The zero-order valence-electron chi connectivity index (χ0n) is 13.7. The number of anilines is 1. The molecule has 0 fully saturated rings. The highest BCUT2D eigenvalue weighted by molar-refractivity contribution is 6.31. The minimum absolute atomic E-state index is 0.223. The molecule has 0 bridgehead atoms. The molecule has 26 heavy (non-hydrogen) atoms. The third kappa shape index (κ3) is 4.91. The van der Waals surface area contributed by atoms with Crippen molar-refractivity contribution in [3.63, 3.8) is 0 Å². The molecule has 6 heteroatoms. The van der Waals surface area contributed by atoms with Crippen molar-refractivity contribution in [3.05, 3.63) is 88.4 Å². The molecule has 0 spiro atoms. The third-order valence-electron chi connectivity index (χ3n) is 3.57. The number of halogens is 2. The number of para-hydroxylation sites is 1. The Hall–Kier alpha value is -2.69. The van der Waals surface area contributed by atoms with E-state index in [1.54, 1.807) is 36.4 Å². The number of ether oxygens (including phenoxy) is 1. The van der Waals surface area contributed by atoms with Gasteiger partial charge in [-0.3, -0.25) is 0 Å². The molecule has 0 aliphatic rings. The van der Waals surface area contributed by atoms with Gasteiger partial charge >= 0.3 is 6.03 Å². The van der Waals surface area contributed by atoms with Crippen molar-refractivity contribution in [1.82, 2.24) is 5.32 Å². The lowest BCUT2D eigenvalue weighted by molar-refractivity contribution is 0.251. The number of urea groups is 1. The summed E-state index contributed by atoms with van der Waals surface area (Å²) in [6, 6.07) is 21.3. The second kappa shape index (κ2) is 8.61. The van der Waals surface area contributed by atoms with Crippen LogP contribution in [0.25, 0.3) is 0 Å². The van der Waals surface area contributed by atoms with Crippen LogP contribution in [0.15, 0.2) is 72.8 Å². The molecule has 3 aromatic carbocycles. The van der Waals surface area contributed by atoms with Gasteiger partial charge in [0.2, 0.25) is 0 Å². The summed E-state index contributed by atoms with van der Waals surface area (Å²) in [6.45, 7) is 0.223. The van der Waals surface area contributed by atoms with Crippen LogP contribution >= 0.6 is 23.2 Å². The lowest BCUT2D eigenvalue weighted by Crippen LogP contribution is -2.28. The Morgan fingerprint density at radius 2 is 1.62 bits per heavy atom. The van der Waals surface area contributed by atoms with Crippen LogP contribution in [0.4, 0.5) is 10.5 Å². The van der Waals surface area contributed by atoms with E-state index in [2.05, 4.69) is 10.6 Å². The molecule has 2 amide bonds. The van der Waals surface area contributed by atoms with Crippen molar-refractivity contribution in [2.75, 3.05) is 5.32 Å². The van der Waals surface area contributed by atoms with Crippen LogP contribution in [-0.2, 0) is 6.54 Å². The summed E-state index contributed by atoms with van der Waals surface area (Å²) in [5.41, 5.74) is 1.34. The van der Waals surface area contributed by atoms with Gasteiger partial charge in [-0.15, -0.1) is 0 Å². The number of hydrogen-bond acceptors (Lipinski definition) is 2. The van der Waals surface area contributed by atoms with E-state index in [1.165, 1.54) is 0 Å². The largest absolute Gasteiger partial charge is 0.457 e. The Balaban J connectivity index is 1.67. The molecule has 0 unspecified atom stereocenters. The number of carbonyl (C=O) groups excluding carboxylic acids is 1. The van der Waals surface area contributed by atoms with Gasteiger partial charge in [0.05, 0.1) is 0 Å². The van der Waals surface area contributed by atoms with Gasteiger partial charge in [-0.2, -0.15) is 0 Å². The van der Waals surface area contributed by atoms with Crippen molar-refractivity contribution in [2.45, 2.75) is 6.54 Å². The van der Waals surface area contributed by atoms with Gasteiger partial charge in [-0.1, -0.05) is 47.5 Å². The van der Waals surface area contributed by atoms with Gasteiger partial charge in [-0.05, 0) is 48.5 Å². The molecule has 0 saturated carbocycles. The normalized spacial score (nSPS) is 10.2. The molecule has 0 aliphatic carbocycles.